The van der Waals surface area contributed by atoms with Crippen LogP contribution in [0.2, 0.25) is 0 Å². The lowest BCUT2D eigenvalue weighted by Crippen LogP contribution is -2.30. The van der Waals surface area contributed by atoms with Crippen LogP contribution in [-0.2, 0) is 11.2 Å². The average Bonchev–Trinajstić information content (AvgIpc) is 3.29. The van der Waals surface area contributed by atoms with Gasteiger partial charge in [-0.3, -0.25) is 4.79 Å². The Morgan fingerprint density at radius 2 is 2.00 bits per heavy atom. The van der Waals surface area contributed by atoms with E-state index in [0.717, 1.165) is 47.7 Å². The van der Waals surface area contributed by atoms with Crippen LogP contribution in [0.5, 0.6) is 11.5 Å². The van der Waals surface area contributed by atoms with Crippen LogP contribution < -0.4 is 15.2 Å². The van der Waals surface area contributed by atoms with Crippen molar-refractivity contribution < 1.29 is 14.3 Å². The molecule has 1 fully saturated rings. The van der Waals surface area contributed by atoms with E-state index in [1.807, 2.05) is 47.4 Å². The Morgan fingerprint density at radius 3 is 2.88 bits per heavy atom. The number of benzene rings is 2. The highest BCUT2D eigenvalue weighted by molar-refractivity contribution is 5.77. The highest BCUT2D eigenvalue weighted by atomic mass is 16.7. The molecule has 2 N–H and O–H groups in total. The molecule has 1 atom stereocenters. The van der Waals surface area contributed by atoms with Crippen LogP contribution in [0.1, 0.15) is 36.4 Å². The Hall–Kier alpha value is -2.69. The van der Waals surface area contributed by atoms with E-state index in [1.54, 1.807) is 0 Å². The lowest BCUT2D eigenvalue weighted by Gasteiger charge is -2.25. The number of nitrogen functional groups attached to an aromatic ring is 1. The number of nitrogens with two attached hydrogens (primary N) is 1. The van der Waals surface area contributed by atoms with Crippen LogP contribution in [0.3, 0.4) is 0 Å². The summed E-state index contributed by atoms with van der Waals surface area (Å²) in [7, 11) is 0. The quantitative estimate of drug-likeness (QED) is 0.869. The van der Waals surface area contributed by atoms with Crippen LogP contribution in [0, 0.1) is 0 Å². The molecule has 1 unspecified atom stereocenters. The van der Waals surface area contributed by atoms with E-state index in [-0.39, 0.29) is 18.7 Å². The maximum Gasteiger partial charge on any atom is 0.231 e. The summed E-state index contributed by atoms with van der Waals surface area (Å²) in [5.41, 5.74) is 8.89. The van der Waals surface area contributed by atoms with Gasteiger partial charge in [0.1, 0.15) is 0 Å². The minimum absolute atomic E-state index is 0.120. The molecule has 0 radical (unpaired) electrons. The minimum Gasteiger partial charge on any atom is -0.454 e. The Labute approximate surface area is 147 Å². The Balaban J connectivity index is 1.46. The van der Waals surface area contributed by atoms with Gasteiger partial charge in [-0.1, -0.05) is 24.3 Å². The molecule has 25 heavy (non-hydrogen) atoms. The van der Waals surface area contributed by atoms with Gasteiger partial charge in [0, 0.05) is 18.7 Å². The fourth-order valence-corrected chi connectivity index (χ4v) is 3.68. The van der Waals surface area contributed by atoms with Gasteiger partial charge < -0.3 is 20.1 Å². The third-order valence-corrected chi connectivity index (χ3v) is 5.02. The van der Waals surface area contributed by atoms with E-state index in [4.69, 9.17) is 15.2 Å². The number of carbonyl (C=O) groups excluding carboxylic acids is 1. The number of para-hydroxylation sites is 1. The van der Waals surface area contributed by atoms with Gasteiger partial charge in [0.15, 0.2) is 11.5 Å². The average molecular weight is 338 g/mol. The van der Waals surface area contributed by atoms with Gasteiger partial charge in [0.2, 0.25) is 12.7 Å². The molecule has 0 aromatic heterocycles. The van der Waals surface area contributed by atoms with Crippen molar-refractivity contribution in [2.75, 3.05) is 19.1 Å². The van der Waals surface area contributed by atoms with Crippen molar-refractivity contribution in [1.29, 1.82) is 0 Å². The van der Waals surface area contributed by atoms with E-state index in [0.29, 0.717) is 12.8 Å². The summed E-state index contributed by atoms with van der Waals surface area (Å²) in [6.45, 7) is 1.08. The van der Waals surface area contributed by atoms with Crippen LogP contribution in [0.4, 0.5) is 5.69 Å². The number of fused-ring (bicyclic) bond motifs is 1. The van der Waals surface area contributed by atoms with Gasteiger partial charge in [0.05, 0.1) is 6.04 Å². The Bertz CT molecular complexity index is 790. The molecule has 0 saturated carbocycles. The number of nitrogens with zero attached hydrogens (tertiary/aromatic N) is 1. The second-order valence-corrected chi connectivity index (χ2v) is 6.56. The summed E-state index contributed by atoms with van der Waals surface area (Å²) in [5, 5.41) is 0. The first-order chi connectivity index (χ1) is 12.2. The number of aryl methyl sites for hydroxylation is 1. The van der Waals surface area contributed by atoms with Crippen molar-refractivity contribution in [3.8, 4) is 11.5 Å². The highest BCUT2D eigenvalue weighted by Gasteiger charge is 2.30. The van der Waals surface area contributed by atoms with E-state index in [9.17, 15) is 4.79 Å². The van der Waals surface area contributed by atoms with E-state index >= 15 is 0 Å². The Morgan fingerprint density at radius 1 is 1.16 bits per heavy atom. The van der Waals surface area contributed by atoms with Crippen molar-refractivity contribution in [2.45, 2.75) is 31.7 Å². The molecule has 2 aromatic carbocycles. The van der Waals surface area contributed by atoms with Crippen LogP contribution in [-0.4, -0.2) is 24.1 Å². The summed E-state index contributed by atoms with van der Waals surface area (Å²) >= 11 is 0. The number of ether oxygens (including phenoxy) is 2. The maximum atomic E-state index is 12.8. The molecule has 0 spiro atoms. The topological polar surface area (TPSA) is 64.8 Å². The summed E-state index contributed by atoms with van der Waals surface area (Å²) < 4.78 is 10.8. The molecular weight excluding hydrogens is 316 g/mol. The first-order valence-corrected chi connectivity index (χ1v) is 8.75. The first-order valence-electron chi connectivity index (χ1n) is 8.75. The summed E-state index contributed by atoms with van der Waals surface area (Å²) in [6.07, 6.45) is 3.17. The fourth-order valence-electron chi connectivity index (χ4n) is 3.68. The standard InChI is InChI=1S/C20H22N2O3/c21-16-5-2-1-4-14(16)8-10-20(23)22-11-3-6-17(22)15-7-9-18-19(12-15)25-13-24-18/h1-2,4-5,7,9,12,17H,3,6,8,10-11,13,21H2. The number of carbonyl (C=O) groups is 1. The highest BCUT2D eigenvalue weighted by Crippen LogP contribution is 2.39. The van der Waals surface area contributed by atoms with Crippen molar-refractivity contribution in [1.82, 2.24) is 4.90 Å². The molecule has 4 rings (SSSR count). The molecular formula is C20H22N2O3. The molecule has 5 nitrogen and oxygen atoms in total. The van der Waals surface area contributed by atoms with Gasteiger partial charge in [-0.15, -0.1) is 0 Å². The van der Waals surface area contributed by atoms with E-state index in [2.05, 4.69) is 0 Å². The minimum atomic E-state index is 0.120. The van der Waals surface area contributed by atoms with Crippen molar-refractivity contribution in [2.24, 2.45) is 0 Å². The summed E-state index contributed by atoms with van der Waals surface area (Å²) in [6, 6.07) is 13.8. The van der Waals surface area contributed by atoms with Crippen molar-refractivity contribution in [3.63, 3.8) is 0 Å². The SMILES string of the molecule is Nc1ccccc1CCC(=O)N1CCCC1c1ccc2c(c1)OCO2. The molecule has 2 aliphatic heterocycles. The van der Waals surface area contributed by atoms with E-state index in [1.165, 1.54) is 0 Å². The zero-order valence-corrected chi connectivity index (χ0v) is 14.1. The Kier molecular flexibility index (Phi) is 4.22. The smallest absolute Gasteiger partial charge is 0.231 e. The number of likely N-dealkylation sites (tertiary alicyclic amines) is 1. The summed E-state index contributed by atoms with van der Waals surface area (Å²) in [4.78, 5) is 14.8. The molecule has 0 bridgehead atoms. The summed E-state index contributed by atoms with van der Waals surface area (Å²) in [5.74, 6) is 1.73. The van der Waals surface area contributed by atoms with Gasteiger partial charge in [-0.05, 0) is 48.6 Å². The van der Waals surface area contributed by atoms with Gasteiger partial charge >= 0.3 is 0 Å². The monoisotopic (exact) mass is 338 g/mol. The van der Waals surface area contributed by atoms with Gasteiger partial charge in [0.25, 0.3) is 0 Å². The third kappa shape index (κ3) is 3.14. The normalized spacial score (nSPS) is 18.6. The molecule has 5 heteroatoms. The largest absolute Gasteiger partial charge is 0.454 e. The third-order valence-electron chi connectivity index (χ3n) is 5.02. The molecule has 2 heterocycles. The van der Waals surface area contributed by atoms with Crippen LogP contribution in [0.15, 0.2) is 42.5 Å². The molecule has 2 aromatic rings. The zero-order valence-electron chi connectivity index (χ0n) is 14.1. The number of anilines is 1. The van der Waals surface area contributed by atoms with E-state index < -0.39 is 0 Å². The first kappa shape index (κ1) is 15.8. The van der Waals surface area contributed by atoms with Gasteiger partial charge in [-0.2, -0.15) is 0 Å². The number of hydrogen-bond donors (Lipinski definition) is 1. The molecule has 1 saturated heterocycles. The van der Waals surface area contributed by atoms with Crippen molar-refractivity contribution >= 4 is 11.6 Å². The molecule has 2 aliphatic rings. The second kappa shape index (κ2) is 6.67. The number of hydrogen-bond acceptors (Lipinski definition) is 4. The number of amides is 1. The molecule has 0 aliphatic carbocycles. The molecule has 1 amide bonds. The number of rotatable bonds is 4. The van der Waals surface area contributed by atoms with Crippen LogP contribution in [0.25, 0.3) is 0 Å². The fraction of sp³-hybridized carbons (Fsp3) is 0.350. The van der Waals surface area contributed by atoms with Gasteiger partial charge in [-0.25, -0.2) is 0 Å². The predicted octanol–water partition coefficient (Wildman–Crippen LogP) is 3.29. The second-order valence-electron chi connectivity index (χ2n) is 6.56. The molecule has 130 valence electrons. The lowest BCUT2D eigenvalue weighted by molar-refractivity contribution is -0.132. The van der Waals surface area contributed by atoms with Crippen LogP contribution >= 0.6 is 0 Å². The predicted molar refractivity (Wildman–Crippen MR) is 95.4 cm³/mol. The zero-order chi connectivity index (χ0) is 17.2. The van der Waals surface area contributed by atoms with Crippen molar-refractivity contribution in [3.05, 3.63) is 53.6 Å². The maximum absolute atomic E-state index is 12.8. The lowest BCUT2D eigenvalue weighted by atomic mass is 10.0.